The highest BCUT2D eigenvalue weighted by atomic mass is 79.9. The molecule has 1 aromatic rings. The first-order valence-electron chi connectivity index (χ1n) is 5.13. The van der Waals surface area contributed by atoms with E-state index >= 15 is 0 Å². The maximum atomic E-state index is 10.7. The summed E-state index contributed by atoms with van der Waals surface area (Å²) in [7, 11) is 1.44. The van der Waals surface area contributed by atoms with Crippen LogP contribution in [0.25, 0.3) is 6.08 Å². The molecule has 0 heterocycles. The van der Waals surface area contributed by atoms with Gasteiger partial charge in [-0.3, -0.25) is 4.79 Å². The summed E-state index contributed by atoms with van der Waals surface area (Å²) in [5.74, 6) is -0.955. The lowest BCUT2D eigenvalue weighted by atomic mass is 10.2. The zero-order chi connectivity index (χ0) is 14.4. The molecular formula is C12H12BrNO5. The number of amides is 1. The van der Waals surface area contributed by atoms with E-state index in [1.54, 1.807) is 12.1 Å². The lowest BCUT2D eigenvalue weighted by Crippen LogP contribution is -2.20. The van der Waals surface area contributed by atoms with Gasteiger partial charge in [-0.25, -0.2) is 4.79 Å². The second kappa shape index (κ2) is 6.79. The van der Waals surface area contributed by atoms with Gasteiger partial charge in [0.25, 0.3) is 5.91 Å². The second-order valence-corrected chi connectivity index (χ2v) is 4.31. The smallest absolute Gasteiger partial charge is 0.328 e. The van der Waals surface area contributed by atoms with E-state index < -0.39 is 11.9 Å². The summed E-state index contributed by atoms with van der Waals surface area (Å²) >= 11 is 3.27. The van der Waals surface area contributed by atoms with Crippen LogP contribution in [0, 0.1) is 0 Å². The Kier molecular flexibility index (Phi) is 5.37. The van der Waals surface area contributed by atoms with Crippen molar-refractivity contribution in [3.63, 3.8) is 0 Å². The summed E-state index contributed by atoms with van der Waals surface area (Å²) in [6, 6.07) is 3.16. The standard InChI is InChI=1S/C12H12BrNO5/c1-18-9-4-7(2-3-12(16)17)8(13)5-10(9)19-6-11(14)15/h2-5H,6H2,1H3,(H2,14,15)(H,16,17). The van der Waals surface area contributed by atoms with Crippen LogP contribution in [0.1, 0.15) is 5.56 Å². The van der Waals surface area contributed by atoms with Crippen molar-refractivity contribution in [2.24, 2.45) is 5.73 Å². The van der Waals surface area contributed by atoms with E-state index in [0.29, 0.717) is 21.5 Å². The molecule has 3 N–H and O–H groups in total. The Balaban J connectivity index is 3.06. The van der Waals surface area contributed by atoms with Crippen molar-refractivity contribution >= 4 is 33.9 Å². The predicted octanol–water partition coefficient (Wildman–Crippen LogP) is 1.42. The number of carboxylic acid groups (broad SMARTS) is 1. The number of aliphatic carboxylic acids is 1. The topological polar surface area (TPSA) is 98.8 Å². The number of hydrogen-bond acceptors (Lipinski definition) is 4. The van der Waals surface area contributed by atoms with E-state index in [1.807, 2.05) is 0 Å². The van der Waals surface area contributed by atoms with Crippen molar-refractivity contribution in [1.29, 1.82) is 0 Å². The maximum Gasteiger partial charge on any atom is 0.328 e. The average Bonchev–Trinajstić information content (AvgIpc) is 2.34. The lowest BCUT2D eigenvalue weighted by Gasteiger charge is -2.11. The lowest BCUT2D eigenvalue weighted by molar-refractivity contribution is -0.131. The van der Waals surface area contributed by atoms with Crippen LogP contribution in [0.3, 0.4) is 0 Å². The molecule has 0 unspecified atom stereocenters. The Morgan fingerprint density at radius 1 is 1.42 bits per heavy atom. The molecular weight excluding hydrogens is 318 g/mol. The molecule has 0 aliphatic carbocycles. The SMILES string of the molecule is COc1cc(C=CC(=O)O)c(Br)cc1OCC(N)=O. The molecule has 102 valence electrons. The molecule has 1 aromatic carbocycles. The Bertz CT molecular complexity index is 527. The molecule has 19 heavy (non-hydrogen) atoms. The molecule has 0 aromatic heterocycles. The van der Waals surface area contributed by atoms with Crippen molar-refractivity contribution in [2.75, 3.05) is 13.7 Å². The van der Waals surface area contributed by atoms with Gasteiger partial charge in [0.2, 0.25) is 0 Å². The molecule has 0 atom stereocenters. The van der Waals surface area contributed by atoms with Gasteiger partial charge in [0.15, 0.2) is 18.1 Å². The fraction of sp³-hybridized carbons (Fsp3) is 0.167. The third kappa shape index (κ3) is 4.63. The number of rotatable bonds is 6. The average molecular weight is 330 g/mol. The third-order valence-corrected chi connectivity index (χ3v) is 2.75. The van der Waals surface area contributed by atoms with Gasteiger partial charge in [0.1, 0.15) is 0 Å². The number of carboxylic acids is 1. The first-order valence-corrected chi connectivity index (χ1v) is 5.93. The van der Waals surface area contributed by atoms with Crippen LogP contribution < -0.4 is 15.2 Å². The number of primary amides is 1. The molecule has 1 amide bonds. The van der Waals surface area contributed by atoms with E-state index in [0.717, 1.165) is 6.08 Å². The Labute approximate surface area is 117 Å². The minimum absolute atomic E-state index is 0.271. The molecule has 0 aliphatic heterocycles. The highest BCUT2D eigenvalue weighted by molar-refractivity contribution is 9.10. The number of nitrogens with two attached hydrogens (primary N) is 1. The Morgan fingerprint density at radius 2 is 2.11 bits per heavy atom. The molecule has 0 saturated carbocycles. The third-order valence-electron chi connectivity index (χ3n) is 2.06. The van der Waals surface area contributed by atoms with Crippen LogP contribution in [0.5, 0.6) is 11.5 Å². The summed E-state index contributed by atoms with van der Waals surface area (Å²) in [4.78, 5) is 21.1. The van der Waals surface area contributed by atoms with Gasteiger partial charge >= 0.3 is 5.97 Å². The fourth-order valence-corrected chi connectivity index (χ4v) is 1.72. The van der Waals surface area contributed by atoms with E-state index in [-0.39, 0.29) is 6.61 Å². The molecule has 0 saturated heterocycles. The van der Waals surface area contributed by atoms with Gasteiger partial charge in [-0.2, -0.15) is 0 Å². The van der Waals surface area contributed by atoms with Crippen LogP contribution >= 0.6 is 15.9 Å². The summed E-state index contributed by atoms with van der Waals surface area (Å²) in [5.41, 5.74) is 5.59. The second-order valence-electron chi connectivity index (χ2n) is 3.45. The number of methoxy groups -OCH3 is 1. The largest absolute Gasteiger partial charge is 0.493 e. The molecule has 0 fully saturated rings. The monoisotopic (exact) mass is 329 g/mol. The van der Waals surface area contributed by atoms with Crippen molar-refractivity contribution in [1.82, 2.24) is 0 Å². The Morgan fingerprint density at radius 3 is 2.63 bits per heavy atom. The number of carbonyl (C=O) groups is 2. The number of benzene rings is 1. The van der Waals surface area contributed by atoms with Crippen LogP contribution in [0.4, 0.5) is 0 Å². The summed E-state index contributed by atoms with van der Waals surface area (Å²) in [5, 5.41) is 8.58. The molecule has 0 bridgehead atoms. The zero-order valence-corrected chi connectivity index (χ0v) is 11.6. The van der Waals surface area contributed by atoms with Crippen molar-refractivity contribution in [2.45, 2.75) is 0 Å². The molecule has 6 nitrogen and oxygen atoms in total. The number of carbonyl (C=O) groups excluding carboxylic acids is 1. The van der Waals surface area contributed by atoms with Crippen molar-refractivity contribution < 1.29 is 24.2 Å². The zero-order valence-electron chi connectivity index (χ0n) is 10.1. The molecule has 7 heteroatoms. The first kappa shape index (κ1) is 15.0. The quantitative estimate of drug-likeness (QED) is 0.769. The van der Waals surface area contributed by atoms with Crippen molar-refractivity contribution in [3.05, 3.63) is 28.2 Å². The number of ether oxygens (including phenoxy) is 2. The van der Waals surface area contributed by atoms with Gasteiger partial charge in [-0.15, -0.1) is 0 Å². The van der Waals surface area contributed by atoms with Gasteiger partial charge in [0.05, 0.1) is 7.11 Å². The fourth-order valence-electron chi connectivity index (χ4n) is 1.26. The summed E-state index contributed by atoms with van der Waals surface area (Å²) in [6.07, 6.45) is 2.41. The van der Waals surface area contributed by atoms with Crippen LogP contribution in [-0.4, -0.2) is 30.7 Å². The number of hydrogen-bond donors (Lipinski definition) is 2. The first-order chi connectivity index (χ1) is 8.93. The van der Waals surface area contributed by atoms with Crippen LogP contribution in [0.15, 0.2) is 22.7 Å². The van der Waals surface area contributed by atoms with Gasteiger partial charge in [0, 0.05) is 10.5 Å². The van der Waals surface area contributed by atoms with Gasteiger partial charge in [-0.1, -0.05) is 15.9 Å². The molecule has 1 rings (SSSR count). The van der Waals surface area contributed by atoms with Crippen LogP contribution in [-0.2, 0) is 9.59 Å². The van der Waals surface area contributed by atoms with Gasteiger partial charge in [-0.05, 0) is 23.8 Å². The minimum atomic E-state index is -1.06. The predicted molar refractivity (Wildman–Crippen MR) is 72.1 cm³/mol. The minimum Gasteiger partial charge on any atom is -0.493 e. The normalized spacial score (nSPS) is 10.4. The van der Waals surface area contributed by atoms with E-state index in [2.05, 4.69) is 15.9 Å². The van der Waals surface area contributed by atoms with E-state index in [4.69, 9.17) is 20.3 Å². The molecule has 0 spiro atoms. The summed E-state index contributed by atoms with van der Waals surface area (Å²) < 4.78 is 10.9. The summed E-state index contributed by atoms with van der Waals surface area (Å²) in [6.45, 7) is -0.271. The van der Waals surface area contributed by atoms with E-state index in [9.17, 15) is 9.59 Å². The molecule has 0 radical (unpaired) electrons. The van der Waals surface area contributed by atoms with Crippen LogP contribution in [0.2, 0.25) is 0 Å². The van der Waals surface area contributed by atoms with Crippen molar-refractivity contribution in [3.8, 4) is 11.5 Å². The Hall–Kier alpha value is -2.02. The number of halogens is 1. The van der Waals surface area contributed by atoms with Gasteiger partial charge < -0.3 is 20.3 Å². The van der Waals surface area contributed by atoms with E-state index in [1.165, 1.54) is 13.2 Å². The molecule has 0 aliphatic rings. The maximum absolute atomic E-state index is 10.7. The highest BCUT2D eigenvalue weighted by Gasteiger charge is 2.10. The highest BCUT2D eigenvalue weighted by Crippen LogP contribution is 2.34.